The average Bonchev–Trinajstić information content (AvgIpc) is 3.09. The zero-order valence-electron chi connectivity index (χ0n) is 14.1. The maximum absolute atomic E-state index is 11.6. The summed E-state index contributed by atoms with van der Waals surface area (Å²) in [6.07, 6.45) is 5.28. The molecule has 1 amide bonds. The maximum atomic E-state index is 11.6. The molecule has 0 radical (unpaired) electrons. The van der Waals surface area contributed by atoms with Gasteiger partial charge in [-0.1, -0.05) is 6.08 Å². The number of carbonyl (C=O) groups is 1. The maximum Gasteiger partial charge on any atom is 0.262 e. The van der Waals surface area contributed by atoms with Gasteiger partial charge < -0.3 is 19.5 Å². The third-order valence-corrected chi connectivity index (χ3v) is 4.13. The minimum absolute atomic E-state index is 0.142. The molecule has 2 aromatic rings. The number of ether oxygens (including phenoxy) is 3. The molecule has 0 saturated heterocycles. The van der Waals surface area contributed by atoms with Crippen LogP contribution in [0.25, 0.3) is 12.2 Å². The lowest BCUT2D eigenvalue weighted by Crippen LogP contribution is -2.16. The fourth-order valence-corrected chi connectivity index (χ4v) is 2.81. The van der Waals surface area contributed by atoms with Gasteiger partial charge >= 0.3 is 0 Å². The summed E-state index contributed by atoms with van der Waals surface area (Å²) in [5.41, 5.74) is 0.879. The first-order valence-corrected chi connectivity index (χ1v) is 8.19. The van der Waals surface area contributed by atoms with Crippen LogP contribution in [0.3, 0.4) is 0 Å². The van der Waals surface area contributed by atoms with E-state index >= 15 is 0 Å². The van der Waals surface area contributed by atoms with E-state index in [0.29, 0.717) is 28.7 Å². The van der Waals surface area contributed by atoms with Gasteiger partial charge in [-0.15, -0.1) is 11.3 Å². The Morgan fingerprint density at radius 2 is 1.92 bits per heavy atom. The minimum Gasteiger partial charge on any atom is -0.493 e. The Labute approximate surface area is 145 Å². The summed E-state index contributed by atoms with van der Waals surface area (Å²) in [7, 11) is 4.76. The van der Waals surface area contributed by atoms with Crippen molar-refractivity contribution in [1.29, 1.82) is 0 Å². The fraction of sp³-hybridized carbons (Fsp3) is 0.294. The van der Waals surface area contributed by atoms with E-state index in [2.05, 4.69) is 10.3 Å². The molecular formula is C17H20N2O4S. The number of nitrogens with one attached hydrogen (secondary N) is 1. The van der Waals surface area contributed by atoms with Gasteiger partial charge in [0.25, 0.3) is 5.91 Å². The monoisotopic (exact) mass is 348 g/mol. The van der Waals surface area contributed by atoms with Crippen LogP contribution in [0.1, 0.15) is 27.2 Å². The molecule has 0 aliphatic carbocycles. The number of nitrogens with zero attached hydrogens (tertiary/aromatic N) is 1. The van der Waals surface area contributed by atoms with Gasteiger partial charge in [-0.05, 0) is 30.7 Å². The predicted octanol–water partition coefficient (Wildman–Crippen LogP) is 3.09. The Hall–Kier alpha value is -2.54. The van der Waals surface area contributed by atoms with Crippen molar-refractivity contribution in [2.75, 3.05) is 27.9 Å². The SMILES string of the molecule is CCOc1c(OC)cc(C=Cc2ncc(C(=O)NC)s2)cc1OC. The summed E-state index contributed by atoms with van der Waals surface area (Å²) in [6, 6.07) is 3.72. The van der Waals surface area contributed by atoms with Gasteiger partial charge in [-0.3, -0.25) is 4.79 Å². The number of hydrogen-bond donors (Lipinski definition) is 1. The highest BCUT2D eigenvalue weighted by Gasteiger charge is 2.13. The van der Waals surface area contributed by atoms with Crippen molar-refractivity contribution in [3.05, 3.63) is 33.8 Å². The van der Waals surface area contributed by atoms with Crippen LogP contribution in [0.5, 0.6) is 17.2 Å². The van der Waals surface area contributed by atoms with Crippen LogP contribution in [0.2, 0.25) is 0 Å². The summed E-state index contributed by atoms with van der Waals surface area (Å²) < 4.78 is 16.3. The summed E-state index contributed by atoms with van der Waals surface area (Å²) in [6.45, 7) is 2.42. The molecule has 2 rings (SSSR count). The van der Waals surface area contributed by atoms with Crippen molar-refractivity contribution in [2.45, 2.75) is 6.92 Å². The average molecular weight is 348 g/mol. The lowest BCUT2D eigenvalue weighted by Gasteiger charge is -2.14. The molecule has 1 heterocycles. The van der Waals surface area contributed by atoms with E-state index in [9.17, 15) is 4.79 Å². The summed E-state index contributed by atoms with van der Waals surface area (Å²) in [5.74, 6) is 1.63. The van der Waals surface area contributed by atoms with Crippen molar-refractivity contribution in [2.24, 2.45) is 0 Å². The molecule has 0 atom stereocenters. The van der Waals surface area contributed by atoms with Crippen LogP contribution >= 0.6 is 11.3 Å². The van der Waals surface area contributed by atoms with Crippen LogP contribution in [-0.2, 0) is 0 Å². The minimum atomic E-state index is -0.142. The van der Waals surface area contributed by atoms with Crippen molar-refractivity contribution in [1.82, 2.24) is 10.3 Å². The predicted molar refractivity (Wildman–Crippen MR) is 95.1 cm³/mol. The van der Waals surface area contributed by atoms with E-state index < -0.39 is 0 Å². The zero-order valence-corrected chi connectivity index (χ0v) is 14.9. The molecule has 1 aromatic carbocycles. The van der Waals surface area contributed by atoms with E-state index in [1.165, 1.54) is 11.3 Å². The van der Waals surface area contributed by atoms with E-state index in [0.717, 1.165) is 10.6 Å². The molecule has 7 heteroatoms. The first-order valence-electron chi connectivity index (χ1n) is 7.37. The van der Waals surface area contributed by atoms with Gasteiger partial charge in [0.1, 0.15) is 9.88 Å². The van der Waals surface area contributed by atoms with Gasteiger partial charge in [-0.2, -0.15) is 0 Å². The molecule has 0 bridgehead atoms. The highest BCUT2D eigenvalue weighted by Crippen LogP contribution is 2.39. The molecule has 0 fully saturated rings. The van der Waals surface area contributed by atoms with Crippen molar-refractivity contribution >= 4 is 29.4 Å². The number of methoxy groups -OCH3 is 2. The number of aromatic nitrogens is 1. The first-order chi connectivity index (χ1) is 11.6. The Kier molecular flexibility index (Phi) is 6.20. The Morgan fingerprint density at radius 1 is 1.25 bits per heavy atom. The molecule has 0 spiro atoms. The Bertz CT molecular complexity index is 715. The first kappa shape index (κ1) is 17.8. The van der Waals surface area contributed by atoms with E-state index in [4.69, 9.17) is 14.2 Å². The highest BCUT2D eigenvalue weighted by molar-refractivity contribution is 7.14. The van der Waals surface area contributed by atoms with Crippen LogP contribution < -0.4 is 19.5 Å². The van der Waals surface area contributed by atoms with Crippen molar-refractivity contribution in [3.63, 3.8) is 0 Å². The second-order valence-corrected chi connectivity index (χ2v) is 5.72. The van der Waals surface area contributed by atoms with E-state index in [-0.39, 0.29) is 5.91 Å². The summed E-state index contributed by atoms with van der Waals surface area (Å²) >= 11 is 1.32. The Balaban J connectivity index is 2.28. The molecule has 24 heavy (non-hydrogen) atoms. The lowest BCUT2D eigenvalue weighted by molar-refractivity contribution is 0.0967. The number of thiazole rings is 1. The van der Waals surface area contributed by atoms with E-state index in [1.54, 1.807) is 27.5 Å². The normalized spacial score (nSPS) is 10.7. The van der Waals surface area contributed by atoms with Gasteiger partial charge in [0.05, 0.1) is 27.0 Å². The molecule has 0 saturated carbocycles. The highest BCUT2D eigenvalue weighted by atomic mass is 32.1. The smallest absolute Gasteiger partial charge is 0.262 e. The number of rotatable bonds is 7. The number of carbonyl (C=O) groups excluding carboxylic acids is 1. The molecule has 1 N–H and O–H groups in total. The molecule has 6 nitrogen and oxygen atoms in total. The molecule has 0 unspecified atom stereocenters. The zero-order chi connectivity index (χ0) is 17.5. The molecule has 1 aromatic heterocycles. The quantitative estimate of drug-likeness (QED) is 0.833. The summed E-state index contributed by atoms with van der Waals surface area (Å²) in [5, 5.41) is 3.31. The summed E-state index contributed by atoms with van der Waals surface area (Å²) in [4.78, 5) is 16.3. The van der Waals surface area contributed by atoms with Gasteiger partial charge in [0.2, 0.25) is 5.75 Å². The van der Waals surface area contributed by atoms with E-state index in [1.807, 2.05) is 31.2 Å². The van der Waals surface area contributed by atoms with Crippen molar-refractivity contribution in [3.8, 4) is 17.2 Å². The van der Waals surface area contributed by atoms with Crippen LogP contribution in [-0.4, -0.2) is 38.8 Å². The Morgan fingerprint density at radius 3 is 2.46 bits per heavy atom. The third-order valence-electron chi connectivity index (χ3n) is 3.16. The van der Waals surface area contributed by atoms with Gasteiger partial charge in [0.15, 0.2) is 11.5 Å². The van der Waals surface area contributed by atoms with Gasteiger partial charge in [0, 0.05) is 7.05 Å². The second kappa shape index (κ2) is 8.35. The largest absolute Gasteiger partial charge is 0.493 e. The fourth-order valence-electron chi connectivity index (χ4n) is 2.04. The molecule has 0 aliphatic rings. The van der Waals surface area contributed by atoms with Crippen molar-refractivity contribution < 1.29 is 19.0 Å². The lowest BCUT2D eigenvalue weighted by atomic mass is 10.1. The number of hydrogen-bond acceptors (Lipinski definition) is 6. The second-order valence-electron chi connectivity index (χ2n) is 4.66. The van der Waals surface area contributed by atoms with Crippen LogP contribution in [0, 0.1) is 0 Å². The molecule has 128 valence electrons. The standard InChI is InChI=1S/C17H20N2O4S/c1-5-23-16-12(21-3)8-11(9-13(16)22-4)6-7-15-19-10-14(24-15)17(20)18-2/h6-10H,5H2,1-4H3,(H,18,20). The number of amides is 1. The molecular weight excluding hydrogens is 328 g/mol. The van der Waals surface area contributed by atoms with Gasteiger partial charge in [-0.25, -0.2) is 4.98 Å². The van der Waals surface area contributed by atoms with Crippen LogP contribution in [0.15, 0.2) is 18.3 Å². The topological polar surface area (TPSA) is 69.7 Å². The number of benzene rings is 1. The third kappa shape index (κ3) is 4.05. The molecule has 0 aliphatic heterocycles. The van der Waals surface area contributed by atoms with Crippen LogP contribution in [0.4, 0.5) is 0 Å².